The molecule has 1 aliphatic carbocycles. The molecule has 0 spiro atoms. The number of amides is 1. The summed E-state index contributed by atoms with van der Waals surface area (Å²) in [5.41, 5.74) is 0.720. The van der Waals surface area contributed by atoms with Crippen LogP contribution in [0.5, 0.6) is 0 Å². The summed E-state index contributed by atoms with van der Waals surface area (Å²) in [5.74, 6) is -1.37. The molecule has 2 rings (SSSR count). The summed E-state index contributed by atoms with van der Waals surface area (Å²) in [7, 11) is -3.39. The first-order valence-corrected chi connectivity index (χ1v) is 9.56. The van der Waals surface area contributed by atoms with Crippen molar-refractivity contribution in [3.63, 3.8) is 0 Å². The zero-order valence-corrected chi connectivity index (χ0v) is 14.5. The molecule has 132 valence electrons. The van der Waals surface area contributed by atoms with Crippen LogP contribution in [-0.4, -0.2) is 48.1 Å². The fraction of sp³-hybridized carbons (Fsp3) is 0.500. The van der Waals surface area contributed by atoms with Gasteiger partial charge in [0.25, 0.3) is 5.91 Å². The Kier molecular flexibility index (Phi) is 5.48. The van der Waals surface area contributed by atoms with E-state index in [4.69, 9.17) is 0 Å². The SMILES string of the molecule is CCCS(=O)(=O)Nc1ccc(C(=O)N(C2CC2)C(C)C(=O)O)cc1. The minimum absolute atomic E-state index is 0.0270. The third kappa shape index (κ3) is 4.47. The van der Waals surface area contributed by atoms with Gasteiger partial charge in [-0.3, -0.25) is 9.52 Å². The number of aliphatic carboxylic acids is 1. The van der Waals surface area contributed by atoms with E-state index in [0.717, 1.165) is 12.8 Å². The fourth-order valence-electron chi connectivity index (χ4n) is 2.46. The number of carboxylic acid groups (broad SMARTS) is 1. The van der Waals surface area contributed by atoms with Crippen molar-refractivity contribution in [2.75, 3.05) is 10.5 Å². The Hall–Kier alpha value is -2.09. The summed E-state index contributed by atoms with van der Waals surface area (Å²) in [6, 6.07) is 5.11. The minimum atomic E-state index is -3.39. The molecule has 1 aromatic carbocycles. The highest BCUT2D eigenvalue weighted by Gasteiger charge is 2.38. The lowest BCUT2D eigenvalue weighted by Gasteiger charge is -2.26. The van der Waals surface area contributed by atoms with Gasteiger partial charge >= 0.3 is 5.97 Å². The molecular formula is C16H22N2O5S. The Bertz CT molecular complexity index is 710. The van der Waals surface area contributed by atoms with Gasteiger partial charge < -0.3 is 10.0 Å². The highest BCUT2D eigenvalue weighted by molar-refractivity contribution is 7.92. The van der Waals surface area contributed by atoms with Crippen LogP contribution in [0.1, 0.15) is 43.5 Å². The summed E-state index contributed by atoms with van der Waals surface area (Å²) >= 11 is 0. The third-order valence-electron chi connectivity index (χ3n) is 3.83. The van der Waals surface area contributed by atoms with Gasteiger partial charge in [0.15, 0.2) is 0 Å². The zero-order valence-electron chi connectivity index (χ0n) is 13.7. The summed E-state index contributed by atoms with van der Waals surface area (Å²) in [5, 5.41) is 9.18. The molecular weight excluding hydrogens is 332 g/mol. The maximum Gasteiger partial charge on any atom is 0.326 e. The quantitative estimate of drug-likeness (QED) is 0.742. The number of sulfonamides is 1. The van der Waals surface area contributed by atoms with Gasteiger partial charge in [-0.15, -0.1) is 0 Å². The first kappa shape index (κ1) is 18.3. The van der Waals surface area contributed by atoms with Crippen molar-refractivity contribution in [2.45, 2.75) is 45.2 Å². The van der Waals surface area contributed by atoms with E-state index in [-0.39, 0.29) is 17.7 Å². The Morgan fingerprint density at radius 3 is 2.33 bits per heavy atom. The molecule has 1 aromatic rings. The fourth-order valence-corrected chi connectivity index (χ4v) is 3.59. The second kappa shape index (κ2) is 7.21. The van der Waals surface area contributed by atoms with Gasteiger partial charge in [-0.2, -0.15) is 0 Å². The van der Waals surface area contributed by atoms with Gasteiger partial charge in [0.2, 0.25) is 10.0 Å². The van der Waals surface area contributed by atoms with Gasteiger partial charge in [-0.1, -0.05) is 6.92 Å². The van der Waals surface area contributed by atoms with Crippen LogP contribution in [0.2, 0.25) is 0 Å². The molecule has 0 aromatic heterocycles. The molecule has 1 fully saturated rings. The van der Waals surface area contributed by atoms with E-state index in [9.17, 15) is 23.1 Å². The van der Waals surface area contributed by atoms with Crippen LogP contribution in [-0.2, 0) is 14.8 Å². The lowest BCUT2D eigenvalue weighted by atomic mass is 10.1. The maximum absolute atomic E-state index is 12.6. The summed E-state index contributed by atoms with van der Waals surface area (Å²) in [4.78, 5) is 25.2. The van der Waals surface area contributed by atoms with Crippen molar-refractivity contribution in [3.05, 3.63) is 29.8 Å². The zero-order chi connectivity index (χ0) is 17.9. The van der Waals surface area contributed by atoms with E-state index < -0.39 is 22.0 Å². The topological polar surface area (TPSA) is 104 Å². The second-order valence-corrected chi connectivity index (χ2v) is 7.80. The smallest absolute Gasteiger partial charge is 0.326 e. The molecule has 24 heavy (non-hydrogen) atoms. The van der Waals surface area contributed by atoms with Crippen molar-refractivity contribution < 1.29 is 23.1 Å². The average Bonchev–Trinajstić information content (AvgIpc) is 3.32. The van der Waals surface area contributed by atoms with E-state index in [2.05, 4.69) is 4.72 Å². The normalized spacial score (nSPS) is 15.6. The predicted molar refractivity (Wildman–Crippen MR) is 90.4 cm³/mol. The monoisotopic (exact) mass is 354 g/mol. The molecule has 1 aliphatic rings. The lowest BCUT2D eigenvalue weighted by molar-refractivity contribution is -0.141. The molecule has 1 amide bonds. The van der Waals surface area contributed by atoms with E-state index in [1.54, 1.807) is 6.92 Å². The molecule has 0 bridgehead atoms. The maximum atomic E-state index is 12.6. The van der Waals surface area contributed by atoms with Crippen molar-refractivity contribution >= 4 is 27.6 Å². The van der Waals surface area contributed by atoms with Crippen molar-refractivity contribution in [3.8, 4) is 0 Å². The van der Waals surface area contributed by atoms with Crippen LogP contribution in [0.25, 0.3) is 0 Å². The number of carbonyl (C=O) groups is 2. The highest BCUT2D eigenvalue weighted by atomic mass is 32.2. The lowest BCUT2D eigenvalue weighted by Crippen LogP contribution is -2.44. The van der Waals surface area contributed by atoms with Crippen molar-refractivity contribution in [2.24, 2.45) is 0 Å². The molecule has 1 saturated carbocycles. The number of benzene rings is 1. The van der Waals surface area contributed by atoms with Crippen molar-refractivity contribution in [1.82, 2.24) is 4.90 Å². The van der Waals surface area contributed by atoms with Crippen LogP contribution in [0.3, 0.4) is 0 Å². The van der Waals surface area contributed by atoms with Gasteiger partial charge in [-0.05, 0) is 50.5 Å². The molecule has 8 heteroatoms. The predicted octanol–water partition coefficient (Wildman–Crippen LogP) is 1.92. The van der Waals surface area contributed by atoms with Crippen molar-refractivity contribution in [1.29, 1.82) is 0 Å². The second-order valence-electron chi connectivity index (χ2n) is 5.96. The number of rotatable bonds is 8. The molecule has 7 nitrogen and oxygen atoms in total. The van der Waals surface area contributed by atoms with Crippen LogP contribution >= 0.6 is 0 Å². The van der Waals surface area contributed by atoms with Crippen LogP contribution < -0.4 is 4.72 Å². The standard InChI is InChI=1S/C16H22N2O5S/c1-3-10-24(22,23)17-13-6-4-12(5-7-13)15(19)18(14-8-9-14)11(2)16(20)21/h4-7,11,14,17H,3,8-10H2,1-2H3,(H,20,21). The molecule has 0 saturated heterocycles. The van der Waals surface area contributed by atoms with Crippen LogP contribution in [0, 0.1) is 0 Å². The van der Waals surface area contributed by atoms with Crippen LogP contribution in [0.15, 0.2) is 24.3 Å². The number of hydrogen-bond acceptors (Lipinski definition) is 4. The average molecular weight is 354 g/mol. The number of anilines is 1. The summed E-state index contributed by atoms with van der Waals surface area (Å²) in [6.45, 7) is 3.27. The third-order valence-corrected chi connectivity index (χ3v) is 5.32. The van der Waals surface area contributed by atoms with Gasteiger partial charge in [-0.25, -0.2) is 13.2 Å². The molecule has 1 atom stereocenters. The minimum Gasteiger partial charge on any atom is -0.480 e. The molecule has 0 heterocycles. The number of carbonyl (C=O) groups excluding carboxylic acids is 1. The molecule has 1 unspecified atom stereocenters. The van der Waals surface area contributed by atoms with E-state index in [0.29, 0.717) is 17.7 Å². The van der Waals surface area contributed by atoms with E-state index >= 15 is 0 Å². The Morgan fingerprint density at radius 1 is 1.29 bits per heavy atom. The molecule has 2 N–H and O–H groups in total. The molecule has 0 aliphatic heterocycles. The van der Waals surface area contributed by atoms with Crippen LogP contribution in [0.4, 0.5) is 5.69 Å². The Balaban J connectivity index is 2.14. The first-order valence-electron chi connectivity index (χ1n) is 7.91. The highest BCUT2D eigenvalue weighted by Crippen LogP contribution is 2.30. The van der Waals surface area contributed by atoms with Gasteiger partial charge in [0.1, 0.15) is 6.04 Å². The number of nitrogens with one attached hydrogen (secondary N) is 1. The molecule has 0 radical (unpaired) electrons. The number of nitrogens with zero attached hydrogens (tertiary/aromatic N) is 1. The first-order chi connectivity index (χ1) is 11.2. The Labute approximate surface area is 141 Å². The largest absolute Gasteiger partial charge is 0.480 e. The van der Waals surface area contributed by atoms with E-state index in [1.807, 2.05) is 0 Å². The number of carboxylic acids is 1. The Morgan fingerprint density at radius 2 is 1.88 bits per heavy atom. The van der Waals surface area contributed by atoms with Gasteiger partial charge in [0.05, 0.1) is 5.75 Å². The summed E-state index contributed by atoms with van der Waals surface area (Å²) < 4.78 is 25.9. The van der Waals surface area contributed by atoms with E-state index in [1.165, 1.54) is 36.1 Å². The van der Waals surface area contributed by atoms with Gasteiger partial charge in [0, 0.05) is 17.3 Å². The summed E-state index contributed by atoms with van der Waals surface area (Å²) in [6.07, 6.45) is 2.12. The number of hydrogen-bond donors (Lipinski definition) is 2.